The fraction of sp³-hybridized carbons (Fsp3) is 0.370. The summed E-state index contributed by atoms with van der Waals surface area (Å²) in [6, 6.07) is 12.6. The number of carbonyl (C=O) groups is 1. The van der Waals surface area contributed by atoms with Crippen molar-refractivity contribution >= 4 is 34.3 Å². The molecule has 1 N–H and O–H groups in total. The van der Waals surface area contributed by atoms with Crippen LogP contribution in [-0.4, -0.2) is 34.9 Å². The molecule has 7 nitrogen and oxygen atoms in total. The topological polar surface area (TPSA) is 82.5 Å². The lowest BCUT2D eigenvalue weighted by Gasteiger charge is -2.18. The molecule has 1 atom stereocenters. The zero-order chi connectivity index (χ0) is 24.8. The standard InChI is InChI=1S/C27H31N3O4S/c1-18(25(31)28-23-17-20(33-2)13-14-24(23)34-3)35-27-29-22-12-8-7-11-21(22)26(32)30(27)16-15-19-9-5-4-6-10-19/h7-9,11-14,17-18H,4-6,10,15-16H2,1-3H3,(H,28,31). The summed E-state index contributed by atoms with van der Waals surface area (Å²) in [6.45, 7) is 2.35. The third-order valence-corrected chi connectivity index (χ3v) is 7.27. The molecule has 1 amide bonds. The Labute approximate surface area is 209 Å². The van der Waals surface area contributed by atoms with Gasteiger partial charge in [-0.25, -0.2) is 4.98 Å². The zero-order valence-corrected chi connectivity index (χ0v) is 21.2. The predicted molar refractivity (Wildman–Crippen MR) is 141 cm³/mol. The van der Waals surface area contributed by atoms with Crippen molar-refractivity contribution in [3.8, 4) is 11.5 Å². The van der Waals surface area contributed by atoms with Crippen molar-refractivity contribution in [2.45, 2.75) is 56.0 Å². The van der Waals surface area contributed by atoms with Gasteiger partial charge in [0.05, 0.1) is 36.1 Å². The number of rotatable bonds is 9. The molecule has 3 aromatic rings. The highest BCUT2D eigenvalue weighted by Gasteiger charge is 2.21. The molecule has 4 rings (SSSR count). The summed E-state index contributed by atoms with van der Waals surface area (Å²) in [4.78, 5) is 31.2. The lowest BCUT2D eigenvalue weighted by Crippen LogP contribution is -2.27. The van der Waals surface area contributed by atoms with Crippen LogP contribution in [0.25, 0.3) is 10.9 Å². The SMILES string of the molecule is COc1ccc(OC)c(NC(=O)C(C)Sc2nc3ccccc3c(=O)n2CCC2=CCCCC2)c1. The van der Waals surface area contributed by atoms with E-state index in [1.165, 1.54) is 30.2 Å². The van der Waals surface area contributed by atoms with Crippen LogP contribution < -0.4 is 20.3 Å². The number of nitrogens with zero attached hydrogens (tertiary/aromatic N) is 2. The monoisotopic (exact) mass is 493 g/mol. The van der Waals surface area contributed by atoms with Crippen LogP contribution in [0.1, 0.15) is 39.0 Å². The molecule has 0 radical (unpaired) electrons. The third kappa shape index (κ3) is 5.88. The van der Waals surface area contributed by atoms with E-state index in [0.717, 1.165) is 19.3 Å². The number of hydrogen-bond acceptors (Lipinski definition) is 6. The fourth-order valence-corrected chi connectivity index (χ4v) is 5.11. The molecule has 1 aliphatic rings. The molecule has 0 fully saturated rings. The normalized spacial score (nSPS) is 14.3. The number of ether oxygens (including phenoxy) is 2. The predicted octanol–water partition coefficient (Wildman–Crippen LogP) is 5.42. The summed E-state index contributed by atoms with van der Waals surface area (Å²) in [5.41, 5.74) is 2.48. The van der Waals surface area contributed by atoms with Gasteiger partial charge in [-0.3, -0.25) is 14.2 Å². The molecule has 8 heteroatoms. The first-order chi connectivity index (χ1) is 17.0. The maximum atomic E-state index is 13.4. The molecule has 0 spiro atoms. The van der Waals surface area contributed by atoms with E-state index >= 15 is 0 Å². The Morgan fingerprint density at radius 2 is 2.00 bits per heavy atom. The van der Waals surface area contributed by atoms with Gasteiger partial charge in [-0.1, -0.05) is 35.5 Å². The van der Waals surface area contributed by atoms with Gasteiger partial charge in [0.2, 0.25) is 5.91 Å². The largest absolute Gasteiger partial charge is 0.497 e. The number of allylic oxidation sites excluding steroid dienone is 2. The van der Waals surface area contributed by atoms with Crippen LogP contribution in [-0.2, 0) is 11.3 Å². The van der Waals surface area contributed by atoms with E-state index in [4.69, 9.17) is 14.5 Å². The van der Waals surface area contributed by atoms with Gasteiger partial charge in [0.25, 0.3) is 5.56 Å². The lowest BCUT2D eigenvalue weighted by molar-refractivity contribution is -0.115. The van der Waals surface area contributed by atoms with Crippen LogP contribution in [0.4, 0.5) is 5.69 Å². The van der Waals surface area contributed by atoms with Crippen molar-refractivity contribution < 1.29 is 14.3 Å². The smallest absolute Gasteiger partial charge is 0.262 e. The van der Waals surface area contributed by atoms with E-state index in [0.29, 0.717) is 39.8 Å². The van der Waals surface area contributed by atoms with E-state index in [1.54, 1.807) is 43.1 Å². The fourth-order valence-electron chi connectivity index (χ4n) is 4.18. The Kier molecular flexibility index (Phi) is 8.13. The van der Waals surface area contributed by atoms with E-state index in [9.17, 15) is 9.59 Å². The summed E-state index contributed by atoms with van der Waals surface area (Å²) >= 11 is 1.28. The number of aromatic nitrogens is 2. The lowest BCUT2D eigenvalue weighted by atomic mass is 9.97. The molecule has 0 aliphatic heterocycles. The summed E-state index contributed by atoms with van der Waals surface area (Å²) < 4.78 is 12.4. The van der Waals surface area contributed by atoms with Crippen molar-refractivity contribution in [2.75, 3.05) is 19.5 Å². The second-order valence-corrected chi connectivity index (χ2v) is 9.85. The van der Waals surface area contributed by atoms with Crippen molar-refractivity contribution in [2.24, 2.45) is 0 Å². The van der Waals surface area contributed by atoms with Crippen LogP contribution in [0.15, 0.2) is 64.1 Å². The van der Waals surface area contributed by atoms with Crippen molar-refractivity contribution in [1.82, 2.24) is 9.55 Å². The molecule has 1 aromatic heterocycles. The Balaban J connectivity index is 1.59. The van der Waals surface area contributed by atoms with Crippen molar-refractivity contribution in [3.63, 3.8) is 0 Å². The summed E-state index contributed by atoms with van der Waals surface area (Å²) in [6.07, 6.45) is 7.73. The number of carbonyl (C=O) groups excluding carboxylic acids is 1. The van der Waals surface area contributed by atoms with Gasteiger partial charge < -0.3 is 14.8 Å². The molecule has 0 saturated heterocycles. The Bertz CT molecular complexity index is 1300. The molecule has 35 heavy (non-hydrogen) atoms. The molecular weight excluding hydrogens is 462 g/mol. The highest BCUT2D eigenvalue weighted by atomic mass is 32.2. The molecule has 1 heterocycles. The van der Waals surface area contributed by atoms with Gasteiger partial charge in [-0.05, 0) is 63.3 Å². The number of benzene rings is 2. The number of nitrogens with one attached hydrogen (secondary N) is 1. The van der Waals surface area contributed by atoms with Gasteiger partial charge in [0.15, 0.2) is 5.16 Å². The highest BCUT2D eigenvalue weighted by molar-refractivity contribution is 8.00. The first-order valence-electron chi connectivity index (χ1n) is 11.9. The minimum Gasteiger partial charge on any atom is -0.497 e. The Hall–Kier alpha value is -3.26. The summed E-state index contributed by atoms with van der Waals surface area (Å²) in [5.74, 6) is 0.937. The number of methoxy groups -OCH3 is 2. The van der Waals surface area contributed by atoms with Crippen LogP contribution in [0.3, 0.4) is 0 Å². The summed E-state index contributed by atoms with van der Waals surface area (Å²) in [7, 11) is 3.12. The number of thioether (sulfide) groups is 1. The number of anilines is 1. The Morgan fingerprint density at radius 3 is 2.74 bits per heavy atom. The first kappa shape index (κ1) is 24.9. The number of hydrogen-bond donors (Lipinski definition) is 1. The molecule has 2 aromatic carbocycles. The van der Waals surface area contributed by atoms with Crippen molar-refractivity contribution in [1.29, 1.82) is 0 Å². The number of fused-ring (bicyclic) bond motifs is 1. The van der Waals surface area contributed by atoms with Gasteiger partial charge in [-0.15, -0.1) is 0 Å². The Morgan fingerprint density at radius 1 is 1.17 bits per heavy atom. The maximum absolute atomic E-state index is 13.4. The zero-order valence-electron chi connectivity index (χ0n) is 20.4. The van der Waals surface area contributed by atoms with E-state index in [2.05, 4.69) is 11.4 Å². The van der Waals surface area contributed by atoms with Crippen LogP contribution in [0, 0.1) is 0 Å². The van der Waals surface area contributed by atoms with Gasteiger partial charge in [0, 0.05) is 12.6 Å². The molecular formula is C27H31N3O4S. The molecule has 1 unspecified atom stereocenters. The maximum Gasteiger partial charge on any atom is 0.262 e. The number of para-hydroxylation sites is 1. The minimum absolute atomic E-state index is 0.0726. The van der Waals surface area contributed by atoms with Gasteiger partial charge in [0.1, 0.15) is 11.5 Å². The minimum atomic E-state index is -0.501. The van der Waals surface area contributed by atoms with Crippen molar-refractivity contribution in [3.05, 3.63) is 64.5 Å². The second kappa shape index (κ2) is 11.4. The van der Waals surface area contributed by atoms with Gasteiger partial charge in [-0.2, -0.15) is 0 Å². The van der Waals surface area contributed by atoms with E-state index in [1.807, 2.05) is 25.1 Å². The highest BCUT2D eigenvalue weighted by Crippen LogP contribution is 2.31. The van der Waals surface area contributed by atoms with E-state index < -0.39 is 5.25 Å². The molecule has 184 valence electrons. The van der Waals surface area contributed by atoms with Gasteiger partial charge >= 0.3 is 0 Å². The average Bonchev–Trinajstić information content (AvgIpc) is 2.89. The van der Waals surface area contributed by atoms with Crippen LogP contribution in [0.2, 0.25) is 0 Å². The van der Waals surface area contributed by atoms with Crippen LogP contribution >= 0.6 is 11.8 Å². The summed E-state index contributed by atoms with van der Waals surface area (Å²) in [5, 5.41) is 3.56. The molecule has 1 aliphatic carbocycles. The van der Waals surface area contributed by atoms with E-state index in [-0.39, 0.29) is 11.5 Å². The van der Waals surface area contributed by atoms with Crippen LogP contribution in [0.5, 0.6) is 11.5 Å². The second-order valence-electron chi connectivity index (χ2n) is 8.54. The molecule has 0 bridgehead atoms. The molecule has 0 saturated carbocycles. The first-order valence-corrected chi connectivity index (χ1v) is 12.7. The number of amides is 1. The quantitative estimate of drug-likeness (QED) is 0.243. The third-order valence-electron chi connectivity index (χ3n) is 6.18. The average molecular weight is 494 g/mol.